The first-order valence-electron chi connectivity index (χ1n) is 10.8. The van der Waals surface area contributed by atoms with Gasteiger partial charge in [-0.3, -0.25) is 0 Å². The van der Waals surface area contributed by atoms with Crippen molar-refractivity contribution >= 4 is 0 Å². The topological polar surface area (TPSA) is 0 Å². The van der Waals surface area contributed by atoms with Crippen molar-refractivity contribution < 1.29 is 13.2 Å². The van der Waals surface area contributed by atoms with E-state index in [1.54, 1.807) is 0 Å². The first-order valence-corrected chi connectivity index (χ1v) is 10.8. The van der Waals surface area contributed by atoms with Crippen molar-refractivity contribution in [2.45, 2.75) is 70.9 Å². The minimum absolute atomic E-state index is 0.602. The number of alkyl halides is 3. The van der Waals surface area contributed by atoms with Crippen LogP contribution in [0.1, 0.15) is 75.8 Å². The average Bonchev–Trinajstić information content (AvgIpc) is 2.71. The van der Waals surface area contributed by atoms with E-state index >= 15 is 0 Å². The Morgan fingerprint density at radius 3 is 2.00 bits per heavy atom. The smallest absolute Gasteiger partial charge is 0.166 e. The molecule has 0 heterocycles. The van der Waals surface area contributed by atoms with Crippen molar-refractivity contribution in [1.82, 2.24) is 0 Å². The summed E-state index contributed by atoms with van der Waals surface area (Å²) in [6.45, 7) is 2.32. The molecule has 1 aromatic carbocycles. The summed E-state index contributed by atoms with van der Waals surface area (Å²) < 4.78 is 37.7. The lowest BCUT2D eigenvalue weighted by atomic mass is 9.69. The molecule has 0 nitrogen and oxygen atoms in total. The normalized spacial score (nSPS) is 28.7. The molecule has 3 heteroatoms. The lowest BCUT2D eigenvalue weighted by molar-refractivity contribution is -0.137. The van der Waals surface area contributed by atoms with Gasteiger partial charge in [0.05, 0.1) is 5.56 Å². The first-order chi connectivity index (χ1) is 13.5. The van der Waals surface area contributed by atoms with Gasteiger partial charge in [-0.15, -0.1) is 0 Å². The molecule has 152 valence electrons. The maximum absolute atomic E-state index is 12.6. The highest BCUT2D eigenvalue weighted by Crippen LogP contribution is 2.42. The number of benzene rings is 1. The van der Waals surface area contributed by atoms with E-state index < -0.39 is 11.7 Å². The van der Waals surface area contributed by atoms with Crippen LogP contribution in [0.15, 0.2) is 36.4 Å². The zero-order valence-corrected chi connectivity index (χ0v) is 16.8. The molecule has 0 saturated heterocycles. The van der Waals surface area contributed by atoms with Gasteiger partial charge in [-0.2, -0.15) is 13.2 Å². The Hall–Kier alpha value is -1.69. The zero-order chi connectivity index (χ0) is 20.0. The number of allylic oxidation sites excluding steroid dienone is 2. The van der Waals surface area contributed by atoms with Gasteiger partial charge in [0.2, 0.25) is 0 Å². The molecule has 0 bridgehead atoms. The molecule has 0 aromatic heterocycles. The molecule has 0 unspecified atom stereocenters. The Kier molecular flexibility index (Phi) is 7.27. The van der Waals surface area contributed by atoms with E-state index in [9.17, 15) is 13.2 Å². The molecule has 0 amide bonds. The molecule has 2 saturated carbocycles. The summed E-state index contributed by atoms with van der Waals surface area (Å²) in [4.78, 5) is 0. The fourth-order valence-corrected chi connectivity index (χ4v) is 4.93. The van der Waals surface area contributed by atoms with E-state index in [1.807, 2.05) is 6.08 Å². The third-order valence-corrected chi connectivity index (χ3v) is 6.83. The molecule has 2 aliphatic rings. The van der Waals surface area contributed by atoms with E-state index in [-0.39, 0.29) is 0 Å². The highest BCUT2D eigenvalue weighted by molar-refractivity contribution is 5.39. The number of hydrogen-bond acceptors (Lipinski definition) is 0. The van der Waals surface area contributed by atoms with E-state index in [1.165, 1.54) is 69.9 Å². The molecule has 0 N–H and O–H groups in total. The van der Waals surface area contributed by atoms with Gasteiger partial charge in [-0.1, -0.05) is 44.1 Å². The second-order valence-electron chi connectivity index (χ2n) is 8.57. The molecule has 0 aliphatic heterocycles. The standard InChI is InChI=1S/C25H31F3/c1-2-19-7-13-22(14-8-19)23-15-9-20(10-16-23)5-3-4-6-21-11-17-24(18-12-21)25(26,27)28/h3,5,11-12,17-20,22-23H,2,7-10,13-16H2,1H3/b5-3+. The predicted molar refractivity (Wildman–Crippen MR) is 109 cm³/mol. The Balaban J connectivity index is 1.43. The molecule has 0 spiro atoms. The minimum atomic E-state index is -4.29. The van der Waals surface area contributed by atoms with E-state index in [2.05, 4.69) is 24.8 Å². The molecular weight excluding hydrogens is 357 g/mol. The van der Waals surface area contributed by atoms with Crippen LogP contribution in [0.4, 0.5) is 13.2 Å². The van der Waals surface area contributed by atoms with Gasteiger partial charge in [0, 0.05) is 5.56 Å². The zero-order valence-electron chi connectivity index (χ0n) is 16.8. The fraction of sp³-hybridized carbons (Fsp3) is 0.600. The van der Waals surface area contributed by atoms with Crippen LogP contribution < -0.4 is 0 Å². The van der Waals surface area contributed by atoms with Crippen molar-refractivity contribution in [1.29, 1.82) is 0 Å². The van der Waals surface area contributed by atoms with Crippen molar-refractivity contribution in [3.05, 3.63) is 47.5 Å². The molecule has 28 heavy (non-hydrogen) atoms. The average molecular weight is 389 g/mol. The van der Waals surface area contributed by atoms with Gasteiger partial charge in [-0.25, -0.2) is 0 Å². The Morgan fingerprint density at radius 2 is 1.46 bits per heavy atom. The predicted octanol–water partition coefficient (Wildman–Crippen LogP) is 7.64. The second-order valence-corrected chi connectivity index (χ2v) is 8.57. The third kappa shape index (κ3) is 5.90. The Morgan fingerprint density at radius 1 is 0.893 bits per heavy atom. The summed E-state index contributed by atoms with van der Waals surface area (Å²) in [5.74, 6) is 9.35. The maximum Gasteiger partial charge on any atom is 0.416 e. The number of hydrogen-bond donors (Lipinski definition) is 0. The highest BCUT2D eigenvalue weighted by Gasteiger charge is 2.30. The minimum Gasteiger partial charge on any atom is -0.166 e. The molecule has 0 atom stereocenters. The van der Waals surface area contributed by atoms with E-state index in [0.717, 1.165) is 29.9 Å². The van der Waals surface area contributed by atoms with Gasteiger partial charge >= 0.3 is 6.18 Å². The molecule has 2 fully saturated rings. The quantitative estimate of drug-likeness (QED) is 0.467. The van der Waals surface area contributed by atoms with Gasteiger partial charge in [-0.05, 0) is 92.5 Å². The fourth-order valence-electron chi connectivity index (χ4n) is 4.93. The monoisotopic (exact) mass is 388 g/mol. The molecule has 1 aromatic rings. The molecule has 2 aliphatic carbocycles. The van der Waals surface area contributed by atoms with Gasteiger partial charge < -0.3 is 0 Å². The van der Waals surface area contributed by atoms with E-state index in [4.69, 9.17) is 0 Å². The van der Waals surface area contributed by atoms with Gasteiger partial charge in [0.1, 0.15) is 0 Å². The number of halogens is 3. The third-order valence-electron chi connectivity index (χ3n) is 6.83. The number of rotatable bonds is 3. The summed E-state index contributed by atoms with van der Waals surface area (Å²) in [6, 6.07) is 5.04. The summed E-state index contributed by atoms with van der Waals surface area (Å²) in [5.41, 5.74) is -0.0161. The second kappa shape index (κ2) is 9.68. The SMILES string of the molecule is CCC1CCC(C2CCC(/C=C/C#Cc3ccc(C(F)(F)F)cc3)CC2)CC1. The molecule has 0 radical (unpaired) electrons. The largest absolute Gasteiger partial charge is 0.416 e. The van der Waals surface area contributed by atoms with Crippen molar-refractivity contribution in [3.8, 4) is 11.8 Å². The van der Waals surface area contributed by atoms with Crippen LogP contribution in [0.25, 0.3) is 0 Å². The van der Waals surface area contributed by atoms with Crippen LogP contribution in [0.3, 0.4) is 0 Å². The summed E-state index contributed by atoms with van der Waals surface area (Å²) in [5, 5.41) is 0. The summed E-state index contributed by atoms with van der Waals surface area (Å²) >= 11 is 0. The summed E-state index contributed by atoms with van der Waals surface area (Å²) in [7, 11) is 0. The van der Waals surface area contributed by atoms with Crippen LogP contribution >= 0.6 is 0 Å². The molecule has 3 rings (SSSR count). The van der Waals surface area contributed by atoms with Gasteiger partial charge in [0.15, 0.2) is 0 Å². The highest BCUT2D eigenvalue weighted by atomic mass is 19.4. The molecular formula is C25H31F3. The maximum atomic E-state index is 12.6. The van der Waals surface area contributed by atoms with E-state index in [0.29, 0.717) is 11.5 Å². The lowest BCUT2D eigenvalue weighted by Crippen LogP contribution is -2.25. The van der Waals surface area contributed by atoms with Gasteiger partial charge in [0.25, 0.3) is 0 Å². The Bertz CT molecular complexity index is 686. The van der Waals surface area contributed by atoms with Crippen LogP contribution in [-0.4, -0.2) is 0 Å². The van der Waals surface area contributed by atoms with Crippen molar-refractivity contribution in [2.75, 3.05) is 0 Å². The lowest BCUT2D eigenvalue weighted by Gasteiger charge is -2.37. The van der Waals surface area contributed by atoms with Crippen LogP contribution in [-0.2, 0) is 6.18 Å². The Labute approximate surface area is 167 Å². The van der Waals surface area contributed by atoms with Crippen LogP contribution in [0.2, 0.25) is 0 Å². The van der Waals surface area contributed by atoms with Crippen molar-refractivity contribution in [3.63, 3.8) is 0 Å². The van der Waals surface area contributed by atoms with Crippen molar-refractivity contribution in [2.24, 2.45) is 23.7 Å². The van der Waals surface area contributed by atoms with Crippen LogP contribution in [0.5, 0.6) is 0 Å². The summed E-state index contributed by atoms with van der Waals surface area (Å²) in [6.07, 6.45) is 12.0. The van der Waals surface area contributed by atoms with Crippen LogP contribution in [0, 0.1) is 35.5 Å². The first kappa shape index (κ1) is 21.0.